The topological polar surface area (TPSA) is 49.4 Å². The lowest BCUT2D eigenvalue weighted by atomic mass is 9.91. The van der Waals surface area contributed by atoms with Gasteiger partial charge in [0.05, 0.1) is 0 Å². The molecule has 0 atom stereocenters. The molecule has 4 heteroatoms. The molecule has 0 aromatic heterocycles. The highest BCUT2D eigenvalue weighted by atomic mass is 16.2. The number of piperidine rings is 1. The van der Waals surface area contributed by atoms with Crippen molar-refractivity contribution in [1.29, 1.82) is 0 Å². The molecule has 4 nitrogen and oxygen atoms in total. The summed E-state index contributed by atoms with van der Waals surface area (Å²) < 4.78 is 0. The van der Waals surface area contributed by atoms with Crippen LogP contribution in [0.1, 0.15) is 70.4 Å². The maximum absolute atomic E-state index is 12.8. The van der Waals surface area contributed by atoms with Crippen molar-refractivity contribution in [2.75, 3.05) is 18.4 Å². The van der Waals surface area contributed by atoms with Crippen LogP contribution >= 0.6 is 0 Å². The Hall–Kier alpha value is -1.84. The summed E-state index contributed by atoms with van der Waals surface area (Å²) in [7, 11) is 0. The molecule has 2 rings (SSSR count). The molecule has 1 N–H and O–H groups in total. The molecular formula is C20H30N2O2. The number of anilines is 1. The van der Waals surface area contributed by atoms with Crippen LogP contribution in [0.25, 0.3) is 0 Å². The molecule has 1 aromatic rings. The SMILES string of the molecule is CC(=O)N1CCC(C(=O)Nc2c(C(C)C)cccc2C(C)C)CC1. The Balaban J connectivity index is 2.16. The number of likely N-dealkylation sites (tertiary alicyclic amines) is 1. The van der Waals surface area contributed by atoms with E-state index in [2.05, 4.69) is 51.2 Å². The summed E-state index contributed by atoms with van der Waals surface area (Å²) in [5.74, 6) is 0.896. The van der Waals surface area contributed by atoms with Gasteiger partial charge in [0.15, 0.2) is 0 Å². The van der Waals surface area contributed by atoms with Crippen molar-refractivity contribution in [2.24, 2.45) is 5.92 Å². The van der Waals surface area contributed by atoms with Crippen molar-refractivity contribution in [2.45, 2.75) is 59.3 Å². The van der Waals surface area contributed by atoms with E-state index < -0.39 is 0 Å². The molecule has 1 fully saturated rings. The van der Waals surface area contributed by atoms with Gasteiger partial charge >= 0.3 is 0 Å². The molecule has 0 saturated carbocycles. The van der Waals surface area contributed by atoms with Gasteiger partial charge in [0.1, 0.15) is 0 Å². The van der Waals surface area contributed by atoms with E-state index in [0.29, 0.717) is 24.9 Å². The summed E-state index contributed by atoms with van der Waals surface area (Å²) in [6, 6.07) is 6.28. The molecule has 2 amide bonds. The predicted octanol–water partition coefficient (Wildman–Crippen LogP) is 4.13. The van der Waals surface area contributed by atoms with Gasteiger partial charge in [0.2, 0.25) is 11.8 Å². The van der Waals surface area contributed by atoms with Crippen LogP contribution in [0.15, 0.2) is 18.2 Å². The summed E-state index contributed by atoms with van der Waals surface area (Å²) in [5, 5.41) is 3.21. The predicted molar refractivity (Wildman–Crippen MR) is 98.2 cm³/mol. The fourth-order valence-corrected chi connectivity index (χ4v) is 3.38. The first-order chi connectivity index (χ1) is 11.3. The number of rotatable bonds is 4. The largest absolute Gasteiger partial charge is 0.343 e. The first kappa shape index (κ1) is 18.5. The van der Waals surface area contributed by atoms with Crippen LogP contribution in [0.4, 0.5) is 5.69 Å². The van der Waals surface area contributed by atoms with Gasteiger partial charge in [-0.15, -0.1) is 0 Å². The van der Waals surface area contributed by atoms with E-state index in [1.165, 1.54) is 11.1 Å². The minimum absolute atomic E-state index is 0.0131. The molecule has 0 unspecified atom stereocenters. The van der Waals surface area contributed by atoms with E-state index in [9.17, 15) is 9.59 Å². The highest BCUT2D eigenvalue weighted by Gasteiger charge is 2.27. The molecule has 0 radical (unpaired) electrons. The molecule has 0 aliphatic carbocycles. The first-order valence-corrected chi connectivity index (χ1v) is 9.00. The lowest BCUT2D eigenvalue weighted by Gasteiger charge is -2.31. The second kappa shape index (κ2) is 7.82. The molecule has 24 heavy (non-hydrogen) atoms. The smallest absolute Gasteiger partial charge is 0.227 e. The third-order valence-corrected chi connectivity index (χ3v) is 4.93. The Morgan fingerprint density at radius 3 is 1.96 bits per heavy atom. The molecule has 0 bridgehead atoms. The average molecular weight is 330 g/mol. The van der Waals surface area contributed by atoms with Crippen molar-refractivity contribution >= 4 is 17.5 Å². The molecule has 1 aliphatic rings. The van der Waals surface area contributed by atoms with Crippen molar-refractivity contribution in [1.82, 2.24) is 4.90 Å². The fourth-order valence-electron chi connectivity index (χ4n) is 3.38. The Morgan fingerprint density at radius 2 is 1.54 bits per heavy atom. The van der Waals surface area contributed by atoms with Crippen molar-refractivity contribution in [3.05, 3.63) is 29.3 Å². The minimum atomic E-state index is -0.0131. The van der Waals surface area contributed by atoms with Crippen molar-refractivity contribution in [3.63, 3.8) is 0 Å². The molecular weight excluding hydrogens is 300 g/mol. The van der Waals surface area contributed by atoms with Crippen LogP contribution in [0.3, 0.4) is 0 Å². The quantitative estimate of drug-likeness (QED) is 0.902. The molecule has 132 valence electrons. The number of carbonyl (C=O) groups is 2. The van der Waals surface area contributed by atoms with E-state index in [1.54, 1.807) is 6.92 Å². The summed E-state index contributed by atoms with van der Waals surface area (Å²) >= 11 is 0. The summed E-state index contributed by atoms with van der Waals surface area (Å²) in [5.41, 5.74) is 3.37. The van der Waals surface area contributed by atoms with Crippen LogP contribution in [-0.2, 0) is 9.59 Å². The molecule has 0 spiro atoms. The van der Waals surface area contributed by atoms with E-state index in [0.717, 1.165) is 18.5 Å². The zero-order chi connectivity index (χ0) is 17.9. The Labute approximate surface area is 145 Å². The average Bonchev–Trinajstić information content (AvgIpc) is 2.54. The highest BCUT2D eigenvalue weighted by molar-refractivity contribution is 5.94. The highest BCUT2D eigenvalue weighted by Crippen LogP contribution is 2.33. The van der Waals surface area contributed by atoms with Crippen LogP contribution in [0.2, 0.25) is 0 Å². The molecule has 1 aliphatic heterocycles. The van der Waals surface area contributed by atoms with Gasteiger partial charge in [-0.25, -0.2) is 0 Å². The van der Waals surface area contributed by atoms with Gasteiger partial charge in [0.25, 0.3) is 0 Å². The fraction of sp³-hybridized carbons (Fsp3) is 0.600. The van der Waals surface area contributed by atoms with Crippen LogP contribution in [0.5, 0.6) is 0 Å². The van der Waals surface area contributed by atoms with E-state index in [-0.39, 0.29) is 17.7 Å². The van der Waals surface area contributed by atoms with Gasteiger partial charge in [0, 0.05) is 31.6 Å². The van der Waals surface area contributed by atoms with Crippen molar-refractivity contribution in [3.8, 4) is 0 Å². The normalized spacial score (nSPS) is 15.9. The summed E-state index contributed by atoms with van der Waals surface area (Å²) in [6.07, 6.45) is 1.48. The standard InChI is InChI=1S/C20H30N2O2/c1-13(2)17-7-6-8-18(14(3)4)19(17)21-20(24)16-9-11-22(12-10-16)15(5)23/h6-8,13-14,16H,9-12H2,1-5H3,(H,21,24). The molecule has 1 heterocycles. The number of benzene rings is 1. The first-order valence-electron chi connectivity index (χ1n) is 9.00. The zero-order valence-electron chi connectivity index (χ0n) is 15.6. The van der Waals surface area contributed by atoms with E-state index in [4.69, 9.17) is 0 Å². The summed E-state index contributed by atoms with van der Waals surface area (Å²) in [6.45, 7) is 11.6. The number of hydrogen-bond donors (Lipinski definition) is 1. The number of nitrogens with zero attached hydrogens (tertiary/aromatic N) is 1. The number of hydrogen-bond acceptors (Lipinski definition) is 2. The van der Waals surface area contributed by atoms with E-state index in [1.807, 2.05) is 4.90 Å². The van der Waals surface area contributed by atoms with Gasteiger partial charge in [-0.2, -0.15) is 0 Å². The summed E-state index contributed by atoms with van der Waals surface area (Å²) in [4.78, 5) is 26.0. The number of nitrogens with one attached hydrogen (secondary N) is 1. The third kappa shape index (κ3) is 4.16. The van der Waals surface area contributed by atoms with Gasteiger partial charge in [-0.05, 0) is 35.8 Å². The van der Waals surface area contributed by atoms with Crippen LogP contribution < -0.4 is 5.32 Å². The lowest BCUT2D eigenvalue weighted by Crippen LogP contribution is -2.40. The minimum Gasteiger partial charge on any atom is -0.343 e. The second-order valence-electron chi connectivity index (χ2n) is 7.39. The Kier molecular flexibility index (Phi) is 6.03. The third-order valence-electron chi connectivity index (χ3n) is 4.93. The van der Waals surface area contributed by atoms with Gasteiger partial charge in [-0.3, -0.25) is 9.59 Å². The van der Waals surface area contributed by atoms with Crippen molar-refractivity contribution < 1.29 is 9.59 Å². The Bertz CT molecular complexity index is 573. The number of para-hydroxylation sites is 1. The second-order valence-corrected chi connectivity index (χ2v) is 7.39. The van der Waals surface area contributed by atoms with Gasteiger partial charge < -0.3 is 10.2 Å². The lowest BCUT2D eigenvalue weighted by molar-refractivity contribution is -0.132. The zero-order valence-corrected chi connectivity index (χ0v) is 15.6. The molecule has 1 saturated heterocycles. The van der Waals surface area contributed by atoms with E-state index >= 15 is 0 Å². The maximum Gasteiger partial charge on any atom is 0.227 e. The number of carbonyl (C=O) groups excluding carboxylic acids is 2. The van der Waals surface area contributed by atoms with Crippen LogP contribution in [0, 0.1) is 5.92 Å². The number of amides is 2. The van der Waals surface area contributed by atoms with Gasteiger partial charge in [-0.1, -0.05) is 45.9 Å². The van der Waals surface area contributed by atoms with Crippen LogP contribution in [-0.4, -0.2) is 29.8 Å². The maximum atomic E-state index is 12.8. The molecule has 1 aromatic carbocycles. The Morgan fingerprint density at radius 1 is 1.04 bits per heavy atom. The monoisotopic (exact) mass is 330 g/mol.